The van der Waals surface area contributed by atoms with Crippen molar-refractivity contribution in [3.05, 3.63) is 28.9 Å². The monoisotopic (exact) mass is 471 g/mol. The number of aromatic nitrogens is 2. The zero-order valence-corrected chi connectivity index (χ0v) is 17.9. The van der Waals surface area contributed by atoms with Crippen LogP contribution in [0.25, 0.3) is 11.0 Å². The number of carbonyl (C=O) groups excluding carboxylic acids is 1. The average Bonchev–Trinajstić information content (AvgIpc) is 3.12. The SMILES string of the molecule is O=C(NC1CCCCC1)c1cc2[nH]c(NC3C(Cl)=CN=CC3Cl)nc2cc1OC(F)F. The Kier molecular flexibility index (Phi) is 6.62. The number of ether oxygens (including phenoxy) is 1. The van der Waals surface area contributed by atoms with Gasteiger partial charge in [0.25, 0.3) is 5.91 Å². The summed E-state index contributed by atoms with van der Waals surface area (Å²) in [6.07, 6.45) is 7.95. The third kappa shape index (κ3) is 5.10. The second-order valence-corrected chi connectivity index (χ2v) is 8.46. The molecule has 0 bridgehead atoms. The van der Waals surface area contributed by atoms with E-state index in [0.717, 1.165) is 32.1 Å². The van der Waals surface area contributed by atoms with Gasteiger partial charge in [-0.2, -0.15) is 8.78 Å². The van der Waals surface area contributed by atoms with Crippen LogP contribution in [-0.2, 0) is 0 Å². The van der Waals surface area contributed by atoms with E-state index in [1.165, 1.54) is 24.5 Å². The summed E-state index contributed by atoms with van der Waals surface area (Å²) in [6, 6.07) is 2.34. The number of amides is 1. The number of alkyl halides is 3. The van der Waals surface area contributed by atoms with E-state index in [1.54, 1.807) is 0 Å². The Balaban J connectivity index is 1.61. The van der Waals surface area contributed by atoms with Gasteiger partial charge in [-0.1, -0.05) is 30.9 Å². The van der Waals surface area contributed by atoms with Crippen molar-refractivity contribution in [1.29, 1.82) is 0 Å². The van der Waals surface area contributed by atoms with Gasteiger partial charge in [0, 0.05) is 24.5 Å². The minimum Gasteiger partial charge on any atom is -0.434 e. The van der Waals surface area contributed by atoms with E-state index >= 15 is 0 Å². The van der Waals surface area contributed by atoms with Crippen LogP contribution in [0.3, 0.4) is 0 Å². The maximum absolute atomic E-state index is 13.0. The predicted octanol–water partition coefficient (Wildman–Crippen LogP) is 4.78. The van der Waals surface area contributed by atoms with E-state index in [2.05, 4.69) is 30.3 Å². The molecule has 1 amide bonds. The quantitative estimate of drug-likeness (QED) is 0.528. The van der Waals surface area contributed by atoms with Gasteiger partial charge in [0.2, 0.25) is 5.95 Å². The first kappa shape index (κ1) is 21.8. The second-order valence-electron chi connectivity index (χ2n) is 7.52. The lowest BCUT2D eigenvalue weighted by Gasteiger charge is -2.23. The molecule has 0 spiro atoms. The molecule has 0 saturated heterocycles. The first-order chi connectivity index (χ1) is 14.9. The molecule has 1 saturated carbocycles. The molecule has 11 heteroatoms. The number of halogens is 4. The highest BCUT2D eigenvalue weighted by molar-refractivity contribution is 6.35. The number of aliphatic imine (C=N–C) groups is 1. The molecule has 2 unspecified atom stereocenters. The summed E-state index contributed by atoms with van der Waals surface area (Å²) < 4.78 is 30.6. The van der Waals surface area contributed by atoms with Gasteiger partial charge in [0.15, 0.2) is 0 Å². The number of carbonyl (C=O) groups is 1. The third-order valence-corrected chi connectivity index (χ3v) is 6.02. The first-order valence-electron chi connectivity index (χ1n) is 9.99. The molecular weight excluding hydrogens is 451 g/mol. The summed E-state index contributed by atoms with van der Waals surface area (Å²) in [5, 5.41) is 5.89. The number of fused-ring (bicyclic) bond motifs is 1. The van der Waals surface area contributed by atoms with Crippen molar-refractivity contribution in [2.24, 2.45) is 4.99 Å². The molecule has 2 aromatic rings. The Hall–Kier alpha value is -2.39. The van der Waals surface area contributed by atoms with E-state index < -0.39 is 23.9 Å². The summed E-state index contributed by atoms with van der Waals surface area (Å²) in [5.41, 5.74) is 0.850. The summed E-state index contributed by atoms with van der Waals surface area (Å²) in [5.74, 6) is -0.365. The molecule has 2 atom stereocenters. The van der Waals surface area contributed by atoms with Gasteiger partial charge in [-0.25, -0.2) is 4.98 Å². The van der Waals surface area contributed by atoms with Crippen LogP contribution in [0.1, 0.15) is 42.5 Å². The van der Waals surface area contributed by atoms with Gasteiger partial charge in [0.1, 0.15) is 5.75 Å². The molecule has 2 heterocycles. The zero-order valence-electron chi connectivity index (χ0n) is 16.4. The van der Waals surface area contributed by atoms with Crippen LogP contribution >= 0.6 is 23.2 Å². The molecule has 3 N–H and O–H groups in total. The van der Waals surface area contributed by atoms with Crippen molar-refractivity contribution in [2.75, 3.05) is 5.32 Å². The van der Waals surface area contributed by atoms with Crippen LogP contribution in [0, 0.1) is 0 Å². The van der Waals surface area contributed by atoms with Gasteiger partial charge in [0.05, 0.1) is 33.0 Å². The smallest absolute Gasteiger partial charge is 0.387 e. The Morgan fingerprint density at radius 2 is 2.03 bits per heavy atom. The van der Waals surface area contributed by atoms with Gasteiger partial charge in [-0.15, -0.1) is 11.6 Å². The summed E-state index contributed by atoms with van der Waals surface area (Å²) in [6.45, 7) is -3.07. The van der Waals surface area contributed by atoms with Crippen molar-refractivity contribution in [1.82, 2.24) is 15.3 Å². The first-order valence-corrected chi connectivity index (χ1v) is 10.8. The second kappa shape index (κ2) is 9.40. The topological polar surface area (TPSA) is 91.4 Å². The lowest BCUT2D eigenvalue weighted by molar-refractivity contribution is -0.0500. The normalized spacial score (nSPS) is 21.9. The highest BCUT2D eigenvalue weighted by Crippen LogP contribution is 2.29. The zero-order chi connectivity index (χ0) is 22.0. The molecule has 1 aliphatic carbocycles. The lowest BCUT2D eigenvalue weighted by atomic mass is 9.95. The Morgan fingerprint density at radius 3 is 2.74 bits per heavy atom. The van der Waals surface area contributed by atoms with E-state index in [4.69, 9.17) is 23.2 Å². The number of nitrogens with zero attached hydrogens (tertiary/aromatic N) is 2. The van der Waals surface area contributed by atoms with Crippen LogP contribution in [0.4, 0.5) is 14.7 Å². The van der Waals surface area contributed by atoms with E-state index in [9.17, 15) is 13.6 Å². The number of imidazole rings is 1. The molecule has 166 valence electrons. The van der Waals surface area contributed by atoms with Crippen molar-refractivity contribution >= 4 is 52.3 Å². The van der Waals surface area contributed by atoms with Gasteiger partial charge >= 0.3 is 6.61 Å². The number of anilines is 1. The Labute approximate surface area is 187 Å². The van der Waals surface area contributed by atoms with E-state index in [0.29, 0.717) is 22.0 Å². The van der Waals surface area contributed by atoms with Crippen molar-refractivity contribution in [3.63, 3.8) is 0 Å². The van der Waals surface area contributed by atoms with Crippen LogP contribution in [-0.4, -0.2) is 46.2 Å². The van der Waals surface area contributed by atoms with E-state index in [-0.39, 0.29) is 17.4 Å². The van der Waals surface area contributed by atoms with Gasteiger partial charge in [-0.05, 0) is 18.9 Å². The standard InChI is InChI=1S/C20H21Cl2F2N5O2/c21-12-8-25-9-13(22)17(12)29-20-27-14-6-11(16(31-19(23)24)7-15(14)28-20)18(30)26-10-4-2-1-3-5-10/h6-10,12,17,19H,1-5H2,(H,26,30)(H2,27,28,29). The van der Waals surface area contributed by atoms with E-state index in [1.807, 2.05) is 0 Å². The molecule has 1 aromatic carbocycles. The average molecular weight is 472 g/mol. The minimum atomic E-state index is -3.07. The summed E-state index contributed by atoms with van der Waals surface area (Å²) in [4.78, 5) is 24.1. The van der Waals surface area contributed by atoms with Crippen molar-refractivity contribution in [2.45, 2.75) is 56.2 Å². The van der Waals surface area contributed by atoms with Gasteiger partial charge in [-0.3, -0.25) is 9.79 Å². The minimum absolute atomic E-state index is 0.0199. The lowest BCUT2D eigenvalue weighted by Crippen LogP contribution is -2.36. The maximum Gasteiger partial charge on any atom is 0.387 e. The number of aromatic amines is 1. The number of H-pyrrole nitrogens is 1. The Morgan fingerprint density at radius 1 is 1.26 bits per heavy atom. The highest BCUT2D eigenvalue weighted by atomic mass is 35.5. The van der Waals surface area contributed by atoms with Crippen LogP contribution in [0.15, 0.2) is 28.4 Å². The molecule has 0 radical (unpaired) electrons. The summed E-state index contributed by atoms with van der Waals surface area (Å²) in [7, 11) is 0. The fourth-order valence-corrected chi connectivity index (χ4v) is 4.37. The number of rotatable bonds is 6. The third-order valence-electron chi connectivity index (χ3n) is 5.32. The van der Waals surface area contributed by atoms with Gasteiger partial charge < -0.3 is 20.4 Å². The highest BCUT2D eigenvalue weighted by Gasteiger charge is 2.26. The Bertz CT molecular complexity index is 1020. The van der Waals surface area contributed by atoms with Crippen LogP contribution in [0.5, 0.6) is 5.75 Å². The molecule has 1 fully saturated rings. The fraction of sp³-hybridized carbons (Fsp3) is 0.450. The number of hydrogen-bond donors (Lipinski definition) is 3. The maximum atomic E-state index is 13.0. The summed E-state index contributed by atoms with van der Waals surface area (Å²) >= 11 is 12.4. The molecule has 1 aromatic heterocycles. The van der Waals surface area contributed by atoms with Crippen molar-refractivity contribution < 1.29 is 18.3 Å². The number of hydrogen-bond acceptors (Lipinski definition) is 5. The fourth-order valence-electron chi connectivity index (χ4n) is 3.80. The number of benzene rings is 1. The number of nitrogens with one attached hydrogen (secondary N) is 3. The molecule has 2 aliphatic rings. The van der Waals surface area contributed by atoms with Crippen molar-refractivity contribution in [3.8, 4) is 5.75 Å². The molecule has 7 nitrogen and oxygen atoms in total. The van der Waals surface area contributed by atoms with Crippen LogP contribution in [0.2, 0.25) is 0 Å². The largest absolute Gasteiger partial charge is 0.434 e. The molecule has 4 rings (SSSR count). The molecular formula is C20H21Cl2F2N5O2. The predicted molar refractivity (Wildman–Crippen MR) is 117 cm³/mol. The molecule has 1 aliphatic heterocycles. The van der Waals surface area contributed by atoms with Crippen LogP contribution < -0.4 is 15.4 Å². The molecule has 31 heavy (non-hydrogen) atoms.